The lowest BCUT2D eigenvalue weighted by Crippen LogP contribution is -2.23. The monoisotopic (exact) mass is 216 g/mol. The molecule has 0 bridgehead atoms. The van der Waals surface area contributed by atoms with Gasteiger partial charge in [0, 0.05) is 6.61 Å². The molecule has 0 aromatic heterocycles. The van der Waals surface area contributed by atoms with Gasteiger partial charge in [0.25, 0.3) is 0 Å². The van der Waals surface area contributed by atoms with Crippen molar-refractivity contribution in [3.63, 3.8) is 0 Å². The first kappa shape index (κ1) is 14.4. The van der Waals surface area contributed by atoms with Crippen LogP contribution >= 0.6 is 0 Å². The van der Waals surface area contributed by atoms with Crippen LogP contribution < -0.4 is 0 Å². The van der Waals surface area contributed by atoms with Crippen LogP contribution in [0.5, 0.6) is 0 Å². The fraction of sp³-hybridized carbons (Fsp3) is 0.917. The molecule has 3 heteroatoms. The van der Waals surface area contributed by atoms with Gasteiger partial charge in [-0.2, -0.15) is 0 Å². The maximum absolute atomic E-state index is 11.3. The van der Waals surface area contributed by atoms with Crippen molar-refractivity contribution in [3.05, 3.63) is 0 Å². The van der Waals surface area contributed by atoms with Crippen molar-refractivity contribution in [2.75, 3.05) is 13.2 Å². The summed E-state index contributed by atoms with van der Waals surface area (Å²) in [5.41, 5.74) is 0. The highest BCUT2D eigenvalue weighted by atomic mass is 16.6. The average Bonchev–Trinajstić information content (AvgIpc) is 2.21. The van der Waals surface area contributed by atoms with Crippen LogP contribution in [-0.2, 0) is 14.3 Å². The second kappa shape index (κ2) is 7.69. The van der Waals surface area contributed by atoms with E-state index in [0.29, 0.717) is 19.1 Å². The maximum atomic E-state index is 11.3. The molecule has 2 atom stereocenters. The minimum absolute atomic E-state index is 0.0118. The van der Waals surface area contributed by atoms with E-state index in [4.69, 9.17) is 9.47 Å². The van der Waals surface area contributed by atoms with Crippen molar-refractivity contribution >= 4 is 5.97 Å². The Labute approximate surface area is 93.1 Å². The fourth-order valence-corrected chi connectivity index (χ4v) is 0.913. The molecule has 3 nitrogen and oxygen atoms in total. The van der Waals surface area contributed by atoms with Gasteiger partial charge in [-0.05, 0) is 19.3 Å². The van der Waals surface area contributed by atoms with Crippen molar-refractivity contribution in [3.8, 4) is 0 Å². The number of ether oxygens (including phenoxy) is 2. The van der Waals surface area contributed by atoms with Crippen LogP contribution in [0.15, 0.2) is 0 Å². The van der Waals surface area contributed by atoms with E-state index in [9.17, 15) is 4.79 Å². The molecular weight excluding hydrogens is 192 g/mol. The number of carbonyl (C=O) groups excluding carboxylic acids is 1. The molecule has 0 rings (SSSR count). The van der Waals surface area contributed by atoms with Gasteiger partial charge < -0.3 is 9.47 Å². The molecule has 90 valence electrons. The molecule has 0 radical (unpaired) electrons. The second-order valence-corrected chi connectivity index (χ2v) is 4.48. The van der Waals surface area contributed by atoms with Gasteiger partial charge in [-0.25, -0.2) is 0 Å². The Bertz CT molecular complexity index is 178. The second-order valence-electron chi connectivity index (χ2n) is 4.48. The standard InChI is InChI=1S/C12H24O3/c1-6-10(4)12(13)15-8-11(5)14-7-9(2)3/h9-11H,6-8H2,1-5H3. The molecule has 0 spiro atoms. The van der Waals surface area contributed by atoms with E-state index in [1.807, 2.05) is 20.8 Å². The summed E-state index contributed by atoms with van der Waals surface area (Å²) in [6.07, 6.45) is 0.806. The van der Waals surface area contributed by atoms with E-state index in [-0.39, 0.29) is 18.0 Å². The Morgan fingerprint density at radius 3 is 2.20 bits per heavy atom. The quantitative estimate of drug-likeness (QED) is 0.614. The first-order valence-electron chi connectivity index (χ1n) is 5.75. The molecule has 2 unspecified atom stereocenters. The molecule has 0 aliphatic heterocycles. The van der Waals surface area contributed by atoms with E-state index in [2.05, 4.69) is 13.8 Å². The largest absolute Gasteiger partial charge is 0.463 e. The van der Waals surface area contributed by atoms with Crippen molar-refractivity contribution < 1.29 is 14.3 Å². The van der Waals surface area contributed by atoms with Gasteiger partial charge in [0.15, 0.2) is 0 Å². The smallest absolute Gasteiger partial charge is 0.308 e. The molecule has 15 heavy (non-hydrogen) atoms. The van der Waals surface area contributed by atoms with Gasteiger partial charge >= 0.3 is 5.97 Å². The molecule has 0 aliphatic rings. The van der Waals surface area contributed by atoms with Crippen LogP contribution in [0.1, 0.15) is 41.0 Å². The van der Waals surface area contributed by atoms with Crippen molar-refractivity contribution in [1.29, 1.82) is 0 Å². The third-order valence-corrected chi connectivity index (χ3v) is 2.19. The minimum atomic E-state index is -0.127. The average molecular weight is 216 g/mol. The van der Waals surface area contributed by atoms with Gasteiger partial charge in [0.05, 0.1) is 12.0 Å². The Kier molecular flexibility index (Phi) is 7.39. The minimum Gasteiger partial charge on any atom is -0.463 e. The Hall–Kier alpha value is -0.570. The summed E-state index contributed by atoms with van der Waals surface area (Å²) in [7, 11) is 0. The van der Waals surface area contributed by atoms with Crippen LogP contribution in [-0.4, -0.2) is 25.3 Å². The lowest BCUT2D eigenvalue weighted by Gasteiger charge is -2.16. The number of hydrogen-bond donors (Lipinski definition) is 0. The van der Waals surface area contributed by atoms with Gasteiger partial charge in [-0.15, -0.1) is 0 Å². The number of esters is 1. The van der Waals surface area contributed by atoms with Crippen LogP contribution in [0.25, 0.3) is 0 Å². The molecule has 0 aromatic carbocycles. The highest BCUT2D eigenvalue weighted by Gasteiger charge is 2.13. The third kappa shape index (κ3) is 7.37. The van der Waals surface area contributed by atoms with E-state index >= 15 is 0 Å². The third-order valence-electron chi connectivity index (χ3n) is 2.19. The predicted octanol–water partition coefficient (Wildman–Crippen LogP) is 2.64. The Morgan fingerprint density at radius 2 is 1.73 bits per heavy atom. The molecular formula is C12H24O3. The molecule has 0 saturated heterocycles. The fourth-order valence-electron chi connectivity index (χ4n) is 0.913. The topological polar surface area (TPSA) is 35.5 Å². The summed E-state index contributed by atoms with van der Waals surface area (Å²) >= 11 is 0. The van der Waals surface area contributed by atoms with Crippen LogP contribution in [0.3, 0.4) is 0 Å². The Morgan fingerprint density at radius 1 is 1.13 bits per heavy atom. The first-order valence-corrected chi connectivity index (χ1v) is 5.75. The van der Waals surface area contributed by atoms with E-state index in [0.717, 1.165) is 6.42 Å². The highest BCUT2D eigenvalue weighted by Crippen LogP contribution is 2.05. The molecule has 0 fully saturated rings. The number of carbonyl (C=O) groups is 1. The number of rotatable bonds is 7. The first-order chi connectivity index (χ1) is 6.97. The molecule has 0 aromatic rings. The summed E-state index contributed by atoms with van der Waals surface area (Å²) in [4.78, 5) is 11.3. The van der Waals surface area contributed by atoms with Crippen LogP contribution in [0.4, 0.5) is 0 Å². The van der Waals surface area contributed by atoms with E-state index in [1.165, 1.54) is 0 Å². The normalized spacial score (nSPS) is 15.1. The highest BCUT2D eigenvalue weighted by molar-refractivity contribution is 5.71. The maximum Gasteiger partial charge on any atom is 0.308 e. The zero-order valence-electron chi connectivity index (χ0n) is 10.6. The van der Waals surface area contributed by atoms with Gasteiger partial charge in [-0.1, -0.05) is 27.7 Å². The Balaban J connectivity index is 3.61. The van der Waals surface area contributed by atoms with E-state index in [1.54, 1.807) is 0 Å². The summed E-state index contributed by atoms with van der Waals surface area (Å²) in [5, 5.41) is 0. The summed E-state index contributed by atoms with van der Waals surface area (Å²) in [6, 6.07) is 0. The van der Waals surface area contributed by atoms with E-state index < -0.39 is 0 Å². The SMILES string of the molecule is CCC(C)C(=O)OCC(C)OCC(C)C. The summed E-state index contributed by atoms with van der Waals surface area (Å²) in [5.74, 6) is 0.373. The van der Waals surface area contributed by atoms with Gasteiger partial charge in [-0.3, -0.25) is 4.79 Å². The summed E-state index contributed by atoms with van der Waals surface area (Å²) < 4.78 is 10.6. The predicted molar refractivity (Wildman–Crippen MR) is 60.7 cm³/mol. The van der Waals surface area contributed by atoms with Crippen molar-refractivity contribution in [1.82, 2.24) is 0 Å². The molecule has 0 saturated carbocycles. The molecule has 0 heterocycles. The molecule has 0 amide bonds. The lowest BCUT2D eigenvalue weighted by atomic mass is 10.1. The zero-order chi connectivity index (χ0) is 11.8. The van der Waals surface area contributed by atoms with Crippen LogP contribution in [0, 0.1) is 11.8 Å². The lowest BCUT2D eigenvalue weighted by molar-refractivity contribution is -0.152. The van der Waals surface area contributed by atoms with Crippen molar-refractivity contribution in [2.45, 2.75) is 47.1 Å². The number of hydrogen-bond acceptors (Lipinski definition) is 3. The van der Waals surface area contributed by atoms with Gasteiger partial charge in [0.1, 0.15) is 6.61 Å². The zero-order valence-corrected chi connectivity index (χ0v) is 10.6. The molecule has 0 aliphatic carbocycles. The van der Waals surface area contributed by atoms with Gasteiger partial charge in [0.2, 0.25) is 0 Å². The molecule has 0 N–H and O–H groups in total. The van der Waals surface area contributed by atoms with Crippen molar-refractivity contribution in [2.24, 2.45) is 11.8 Å². The van der Waals surface area contributed by atoms with Crippen LogP contribution in [0.2, 0.25) is 0 Å². The summed E-state index contributed by atoms with van der Waals surface area (Å²) in [6.45, 7) is 11.0.